The monoisotopic (exact) mass is 407 g/mol. The van der Waals surface area contributed by atoms with E-state index in [0.29, 0.717) is 19.1 Å². The molecule has 30 heavy (non-hydrogen) atoms. The van der Waals surface area contributed by atoms with E-state index in [1.165, 1.54) is 11.1 Å². The van der Waals surface area contributed by atoms with Crippen LogP contribution in [0.3, 0.4) is 0 Å². The second-order valence-electron chi connectivity index (χ2n) is 8.49. The van der Waals surface area contributed by atoms with Crippen molar-refractivity contribution in [3.05, 3.63) is 77.4 Å². The second kappa shape index (κ2) is 9.84. The maximum atomic E-state index is 12.5. The largest absolute Gasteiger partial charge is 0.496 e. The van der Waals surface area contributed by atoms with Gasteiger partial charge in [-0.1, -0.05) is 63.2 Å². The van der Waals surface area contributed by atoms with Crippen LogP contribution in [0.1, 0.15) is 48.9 Å². The molecule has 1 fully saturated rings. The Balaban J connectivity index is 1.74. The van der Waals surface area contributed by atoms with Crippen LogP contribution in [0.15, 0.2) is 55.1 Å². The first-order valence-corrected chi connectivity index (χ1v) is 10.7. The van der Waals surface area contributed by atoms with Gasteiger partial charge in [-0.05, 0) is 53.0 Å². The smallest absolute Gasteiger partial charge is 0.410 e. The number of carbonyl (C=O) groups excluding carboxylic acids is 1. The van der Waals surface area contributed by atoms with E-state index in [1.807, 2.05) is 17.0 Å². The molecule has 4 heteroatoms. The van der Waals surface area contributed by atoms with Gasteiger partial charge < -0.3 is 9.47 Å². The molecule has 1 aliphatic rings. The van der Waals surface area contributed by atoms with Crippen LogP contribution in [-0.4, -0.2) is 30.8 Å². The van der Waals surface area contributed by atoms with E-state index < -0.39 is 0 Å². The number of methoxy groups -OCH3 is 1. The number of carbonyl (C=O) groups is 1. The Kier molecular flexibility index (Phi) is 7.20. The third-order valence-electron chi connectivity index (χ3n) is 5.91. The highest BCUT2D eigenvalue weighted by atomic mass is 16.6. The van der Waals surface area contributed by atoms with Gasteiger partial charge in [-0.15, -0.1) is 6.58 Å². The highest BCUT2D eigenvalue weighted by molar-refractivity contribution is 5.70. The van der Waals surface area contributed by atoms with E-state index in [1.54, 1.807) is 7.11 Å². The zero-order valence-electron chi connectivity index (χ0n) is 18.6. The topological polar surface area (TPSA) is 38.8 Å². The van der Waals surface area contributed by atoms with E-state index in [9.17, 15) is 4.79 Å². The van der Waals surface area contributed by atoms with Crippen LogP contribution in [-0.2, 0) is 24.1 Å². The van der Waals surface area contributed by atoms with Crippen molar-refractivity contribution < 1.29 is 14.3 Å². The number of rotatable bonds is 9. The van der Waals surface area contributed by atoms with Crippen LogP contribution in [0.2, 0.25) is 0 Å². The van der Waals surface area contributed by atoms with Crippen LogP contribution >= 0.6 is 0 Å². The van der Waals surface area contributed by atoms with Crippen molar-refractivity contribution in [2.24, 2.45) is 5.92 Å². The third-order valence-corrected chi connectivity index (χ3v) is 5.91. The van der Waals surface area contributed by atoms with Gasteiger partial charge in [0.05, 0.1) is 13.2 Å². The molecule has 0 radical (unpaired) electrons. The normalized spacial score (nSPS) is 17.2. The number of hydrogen-bond acceptors (Lipinski definition) is 3. The van der Waals surface area contributed by atoms with Gasteiger partial charge in [0.1, 0.15) is 12.4 Å². The summed E-state index contributed by atoms with van der Waals surface area (Å²) in [6.45, 7) is 11.4. The van der Waals surface area contributed by atoms with Crippen molar-refractivity contribution in [2.45, 2.75) is 52.1 Å². The zero-order chi connectivity index (χ0) is 21.7. The Bertz CT molecular complexity index is 890. The molecular weight excluding hydrogens is 374 g/mol. The standard InChI is InChI=1S/C26H33NO3/c1-6-8-23-14-20(11-12-25(23)29-5)13-19(4)24-17-30-26(28)27(24)16-21-9-7-10-22(15-21)18(2)3/h6-7,9-12,14-15,18-19,24H,1,8,13,16-17H2,2-5H3/t19-,24+/m0/s1. The van der Waals surface area contributed by atoms with Gasteiger partial charge in [0.25, 0.3) is 0 Å². The molecule has 1 amide bonds. The first-order chi connectivity index (χ1) is 14.4. The number of nitrogens with zero attached hydrogens (tertiary/aromatic N) is 1. The average Bonchev–Trinajstić information content (AvgIpc) is 3.09. The van der Waals surface area contributed by atoms with Crippen LogP contribution in [0, 0.1) is 5.92 Å². The van der Waals surface area contributed by atoms with Crippen molar-refractivity contribution in [1.82, 2.24) is 4.90 Å². The quantitative estimate of drug-likeness (QED) is 0.497. The maximum absolute atomic E-state index is 12.5. The molecule has 1 saturated heterocycles. The first-order valence-electron chi connectivity index (χ1n) is 10.7. The molecule has 0 aromatic heterocycles. The zero-order valence-corrected chi connectivity index (χ0v) is 18.6. The minimum atomic E-state index is -0.219. The van der Waals surface area contributed by atoms with E-state index >= 15 is 0 Å². The highest BCUT2D eigenvalue weighted by Gasteiger charge is 2.36. The summed E-state index contributed by atoms with van der Waals surface area (Å²) in [5.41, 5.74) is 4.81. The van der Waals surface area contributed by atoms with Crippen LogP contribution < -0.4 is 4.74 Å². The lowest BCUT2D eigenvalue weighted by Crippen LogP contribution is -2.38. The molecule has 1 aliphatic heterocycles. The lowest BCUT2D eigenvalue weighted by molar-refractivity contribution is 0.154. The Labute approximate surface area is 180 Å². The predicted octanol–water partition coefficient (Wildman–Crippen LogP) is 5.75. The van der Waals surface area contributed by atoms with Gasteiger partial charge in [-0.2, -0.15) is 0 Å². The van der Waals surface area contributed by atoms with E-state index in [4.69, 9.17) is 9.47 Å². The van der Waals surface area contributed by atoms with Crippen molar-refractivity contribution in [1.29, 1.82) is 0 Å². The van der Waals surface area contributed by atoms with Crippen molar-refractivity contribution in [3.63, 3.8) is 0 Å². The van der Waals surface area contributed by atoms with Gasteiger partial charge >= 0.3 is 6.09 Å². The summed E-state index contributed by atoms with van der Waals surface area (Å²) in [4.78, 5) is 14.4. The summed E-state index contributed by atoms with van der Waals surface area (Å²) in [5.74, 6) is 1.62. The second-order valence-corrected chi connectivity index (χ2v) is 8.49. The molecule has 2 aromatic rings. The lowest BCUT2D eigenvalue weighted by atomic mass is 9.92. The molecule has 0 saturated carbocycles. The van der Waals surface area contributed by atoms with Crippen LogP contribution in [0.25, 0.3) is 0 Å². The number of benzene rings is 2. The summed E-state index contributed by atoms with van der Waals surface area (Å²) >= 11 is 0. The molecule has 0 spiro atoms. The highest BCUT2D eigenvalue weighted by Crippen LogP contribution is 2.28. The lowest BCUT2D eigenvalue weighted by Gasteiger charge is -2.27. The average molecular weight is 408 g/mol. The number of cyclic esters (lactones) is 1. The fourth-order valence-corrected chi connectivity index (χ4v) is 4.15. The van der Waals surface area contributed by atoms with Crippen molar-refractivity contribution >= 4 is 6.09 Å². The number of allylic oxidation sites excluding steroid dienone is 1. The first kappa shape index (κ1) is 21.9. The van der Waals surface area contributed by atoms with Crippen molar-refractivity contribution in [2.75, 3.05) is 13.7 Å². The van der Waals surface area contributed by atoms with Crippen LogP contribution in [0.4, 0.5) is 4.79 Å². The molecule has 2 aromatic carbocycles. The number of amides is 1. The van der Waals surface area contributed by atoms with Gasteiger partial charge in [-0.3, -0.25) is 4.90 Å². The molecule has 0 unspecified atom stereocenters. The van der Waals surface area contributed by atoms with Crippen LogP contribution in [0.5, 0.6) is 5.75 Å². The molecular formula is C26H33NO3. The molecule has 160 valence electrons. The minimum absolute atomic E-state index is 0.0603. The Morgan fingerprint density at radius 1 is 1.20 bits per heavy atom. The Morgan fingerprint density at radius 3 is 2.70 bits per heavy atom. The minimum Gasteiger partial charge on any atom is -0.496 e. The van der Waals surface area contributed by atoms with Crippen molar-refractivity contribution in [3.8, 4) is 5.75 Å². The van der Waals surface area contributed by atoms with Gasteiger partial charge in [0.15, 0.2) is 0 Å². The molecule has 2 atom stereocenters. The van der Waals surface area contributed by atoms with Gasteiger partial charge in [-0.25, -0.2) is 4.79 Å². The predicted molar refractivity (Wildman–Crippen MR) is 121 cm³/mol. The molecule has 0 bridgehead atoms. The van der Waals surface area contributed by atoms with E-state index in [2.05, 4.69) is 63.7 Å². The SMILES string of the molecule is C=CCc1cc(C[C@H](C)[C@H]2COC(=O)N2Cc2cccc(C(C)C)c2)ccc1OC. The summed E-state index contributed by atoms with van der Waals surface area (Å²) in [6, 6.07) is 14.9. The number of hydrogen-bond donors (Lipinski definition) is 0. The van der Waals surface area contributed by atoms with E-state index in [0.717, 1.165) is 29.7 Å². The third kappa shape index (κ3) is 5.05. The van der Waals surface area contributed by atoms with E-state index in [-0.39, 0.29) is 18.1 Å². The molecule has 0 aliphatic carbocycles. The summed E-state index contributed by atoms with van der Waals surface area (Å²) in [7, 11) is 1.69. The fourth-order valence-electron chi connectivity index (χ4n) is 4.15. The summed E-state index contributed by atoms with van der Waals surface area (Å²) in [6.07, 6.45) is 3.32. The van der Waals surface area contributed by atoms with Gasteiger partial charge in [0, 0.05) is 6.54 Å². The Morgan fingerprint density at radius 2 is 2.00 bits per heavy atom. The molecule has 0 N–H and O–H groups in total. The Hall–Kier alpha value is -2.75. The maximum Gasteiger partial charge on any atom is 0.410 e. The summed E-state index contributed by atoms with van der Waals surface area (Å²) in [5, 5.41) is 0. The summed E-state index contributed by atoms with van der Waals surface area (Å²) < 4.78 is 10.9. The fraction of sp³-hybridized carbons (Fsp3) is 0.423. The molecule has 3 rings (SSSR count). The number of ether oxygens (including phenoxy) is 2. The van der Waals surface area contributed by atoms with Gasteiger partial charge in [0.2, 0.25) is 0 Å². The molecule has 4 nitrogen and oxygen atoms in total. The molecule has 1 heterocycles.